The van der Waals surface area contributed by atoms with Crippen LogP contribution < -0.4 is 20.1 Å². The third-order valence-corrected chi connectivity index (χ3v) is 6.86. The van der Waals surface area contributed by atoms with Crippen molar-refractivity contribution < 1.29 is 27.4 Å². The fourth-order valence-corrected chi connectivity index (χ4v) is 4.72. The Balaban J connectivity index is 1.44. The van der Waals surface area contributed by atoms with Crippen molar-refractivity contribution in [2.24, 2.45) is 0 Å². The zero-order valence-corrected chi connectivity index (χ0v) is 21.5. The number of sulfone groups is 1. The van der Waals surface area contributed by atoms with Crippen molar-refractivity contribution in [2.75, 3.05) is 44.2 Å². The fraction of sp³-hybridized carbons (Fsp3) is 0.333. The van der Waals surface area contributed by atoms with Crippen molar-refractivity contribution in [3.05, 3.63) is 48.8 Å². The van der Waals surface area contributed by atoms with E-state index in [0.717, 1.165) is 6.26 Å². The summed E-state index contributed by atoms with van der Waals surface area (Å²) in [6.45, 7) is 1.14. The van der Waals surface area contributed by atoms with Gasteiger partial charge >= 0.3 is 6.09 Å². The molecule has 13 heteroatoms. The molecule has 0 unspecified atom stereocenters. The third-order valence-electron chi connectivity index (χ3n) is 5.70. The van der Waals surface area contributed by atoms with Crippen molar-refractivity contribution in [2.45, 2.75) is 23.8 Å². The van der Waals surface area contributed by atoms with Crippen molar-refractivity contribution in [1.29, 1.82) is 0 Å². The number of para-hydroxylation sites is 1. The number of piperidine rings is 1. The minimum atomic E-state index is -3.44. The second-order valence-electron chi connectivity index (χ2n) is 8.29. The summed E-state index contributed by atoms with van der Waals surface area (Å²) in [5.74, 6) is 1.55. The SMILES string of the molecule is COC(=O)N1CCC(Oc2ccc(Nc3ncnc(Nc4ccccc4S(C)(=O)=O)n3)c(OC)c2)CC1. The van der Waals surface area contributed by atoms with Gasteiger partial charge in [0.05, 0.1) is 30.5 Å². The minimum absolute atomic E-state index is 0.0311. The number of benzene rings is 2. The molecular formula is C24H28N6O6S. The molecule has 0 atom stereocenters. The van der Waals surface area contributed by atoms with E-state index in [1.165, 1.54) is 19.5 Å². The predicted octanol–water partition coefficient (Wildman–Crippen LogP) is 3.38. The van der Waals surface area contributed by atoms with Gasteiger partial charge in [0, 0.05) is 38.3 Å². The van der Waals surface area contributed by atoms with Gasteiger partial charge in [0.15, 0.2) is 9.84 Å². The highest BCUT2D eigenvalue weighted by Crippen LogP contribution is 2.32. The number of carbonyl (C=O) groups excluding carboxylic acids is 1. The second-order valence-corrected chi connectivity index (χ2v) is 10.3. The molecule has 0 radical (unpaired) electrons. The average molecular weight is 529 g/mol. The molecule has 1 aromatic heterocycles. The van der Waals surface area contributed by atoms with E-state index < -0.39 is 9.84 Å². The first-order valence-electron chi connectivity index (χ1n) is 11.5. The molecule has 3 aromatic rings. The Morgan fingerprint density at radius 3 is 2.32 bits per heavy atom. The van der Waals surface area contributed by atoms with Gasteiger partial charge in [-0.15, -0.1) is 0 Å². The Morgan fingerprint density at radius 1 is 1.00 bits per heavy atom. The fourth-order valence-electron chi connectivity index (χ4n) is 3.88. The number of hydrogen-bond donors (Lipinski definition) is 2. The summed E-state index contributed by atoms with van der Waals surface area (Å²) in [6.07, 6.45) is 3.48. The lowest BCUT2D eigenvalue weighted by molar-refractivity contribution is 0.0790. The Hall–Kier alpha value is -4.13. The maximum atomic E-state index is 12.1. The maximum Gasteiger partial charge on any atom is 0.409 e. The zero-order chi connectivity index (χ0) is 26.4. The maximum absolute atomic E-state index is 12.1. The van der Waals surface area contributed by atoms with Crippen LogP contribution in [0.1, 0.15) is 12.8 Å². The highest BCUT2D eigenvalue weighted by Gasteiger charge is 2.24. The average Bonchev–Trinajstić information content (AvgIpc) is 2.89. The molecule has 0 bridgehead atoms. The number of hydrogen-bond acceptors (Lipinski definition) is 11. The number of amides is 1. The van der Waals surface area contributed by atoms with Gasteiger partial charge in [-0.25, -0.2) is 23.2 Å². The van der Waals surface area contributed by atoms with Gasteiger partial charge in [0.2, 0.25) is 11.9 Å². The molecule has 196 valence electrons. The van der Waals surface area contributed by atoms with Crippen LogP contribution in [0.3, 0.4) is 0 Å². The van der Waals surface area contributed by atoms with Crippen LogP contribution in [0.25, 0.3) is 0 Å². The van der Waals surface area contributed by atoms with Crippen molar-refractivity contribution in [1.82, 2.24) is 19.9 Å². The van der Waals surface area contributed by atoms with Gasteiger partial charge in [-0.3, -0.25) is 0 Å². The van der Waals surface area contributed by atoms with E-state index in [-0.39, 0.29) is 29.0 Å². The number of carbonyl (C=O) groups is 1. The monoisotopic (exact) mass is 528 g/mol. The molecule has 1 aliphatic heterocycles. The highest BCUT2D eigenvalue weighted by atomic mass is 32.2. The lowest BCUT2D eigenvalue weighted by atomic mass is 10.1. The van der Waals surface area contributed by atoms with Gasteiger partial charge < -0.3 is 29.7 Å². The van der Waals surface area contributed by atoms with Crippen LogP contribution in [0.5, 0.6) is 11.5 Å². The Labute approximate surface area is 214 Å². The summed E-state index contributed by atoms with van der Waals surface area (Å²) in [5.41, 5.74) is 0.961. The number of anilines is 4. The third kappa shape index (κ3) is 6.55. The molecule has 4 rings (SSSR count). The number of likely N-dealkylation sites (tertiary alicyclic amines) is 1. The standard InChI is InChI=1S/C24H28N6O6S/c1-34-20-14-17(36-16-10-12-30(13-11-16)24(31)35-2)8-9-18(20)27-22-25-15-26-23(29-22)28-19-6-4-5-7-21(19)37(3,32)33/h4-9,14-16H,10-13H2,1-3H3,(H2,25,26,27,28,29). The molecule has 0 aliphatic carbocycles. The predicted molar refractivity (Wildman–Crippen MR) is 137 cm³/mol. The lowest BCUT2D eigenvalue weighted by Crippen LogP contribution is -2.41. The molecule has 12 nitrogen and oxygen atoms in total. The minimum Gasteiger partial charge on any atom is -0.494 e. The van der Waals surface area contributed by atoms with Gasteiger partial charge in [0.25, 0.3) is 0 Å². The number of rotatable bonds is 8. The molecule has 1 amide bonds. The quantitative estimate of drug-likeness (QED) is 0.444. The molecule has 0 saturated carbocycles. The molecule has 2 aromatic carbocycles. The van der Waals surface area contributed by atoms with E-state index in [1.807, 2.05) is 0 Å². The molecule has 2 heterocycles. The van der Waals surface area contributed by atoms with Crippen molar-refractivity contribution >= 4 is 39.2 Å². The van der Waals surface area contributed by atoms with E-state index in [1.54, 1.807) is 48.4 Å². The summed E-state index contributed by atoms with van der Waals surface area (Å²) >= 11 is 0. The van der Waals surface area contributed by atoms with Crippen molar-refractivity contribution in [3.8, 4) is 11.5 Å². The van der Waals surface area contributed by atoms with Crippen LogP contribution >= 0.6 is 0 Å². The Morgan fingerprint density at radius 2 is 1.68 bits per heavy atom. The van der Waals surface area contributed by atoms with Crippen LogP contribution in [0.15, 0.2) is 53.7 Å². The number of ether oxygens (including phenoxy) is 3. The van der Waals surface area contributed by atoms with E-state index >= 15 is 0 Å². The molecule has 1 saturated heterocycles. The number of methoxy groups -OCH3 is 2. The van der Waals surface area contributed by atoms with Crippen LogP contribution in [-0.2, 0) is 14.6 Å². The van der Waals surface area contributed by atoms with E-state index in [2.05, 4.69) is 25.6 Å². The molecule has 37 heavy (non-hydrogen) atoms. The largest absolute Gasteiger partial charge is 0.494 e. The van der Waals surface area contributed by atoms with E-state index in [9.17, 15) is 13.2 Å². The normalized spacial score (nSPS) is 14.1. The Bertz CT molecular complexity index is 1360. The summed E-state index contributed by atoms with van der Waals surface area (Å²) in [4.78, 5) is 26.0. The van der Waals surface area contributed by atoms with Crippen LogP contribution in [-0.4, -0.2) is 74.0 Å². The van der Waals surface area contributed by atoms with Gasteiger partial charge in [-0.2, -0.15) is 4.98 Å². The van der Waals surface area contributed by atoms with Gasteiger partial charge in [-0.05, 0) is 24.3 Å². The molecule has 2 N–H and O–H groups in total. The summed E-state index contributed by atoms with van der Waals surface area (Å²) < 4.78 is 40.6. The first-order chi connectivity index (χ1) is 17.8. The molecule has 0 spiro atoms. The summed E-state index contributed by atoms with van der Waals surface area (Å²) in [6, 6.07) is 11.9. The first kappa shape index (κ1) is 25.9. The molecule has 1 fully saturated rings. The highest BCUT2D eigenvalue weighted by molar-refractivity contribution is 7.90. The lowest BCUT2D eigenvalue weighted by Gasteiger charge is -2.31. The number of nitrogens with one attached hydrogen (secondary N) is 2. The van der Waals surface area contributed by atoms with Crippen LogP contribution in [0, 0.1) is 0 Å². The first-order valence-corrected chi connectivity index (χ1v) is 13.4. The summed E-state index contributed by atoms with van der Waals surface area (Å²) in [7, 11) is -0.527. The summed E-state index contributed by atoms with van der Waals surface area (Å²) in [5, 5.41) is 6.03. The molecule has 1 aliphatic rings. The van der Waals surface area contributed by atoms with Crippen LogP contribution in [0.4, 0.5) is 28.1 Å². The number of aromatic nitrogens is 3. The van der Waals surface area contributed by atoms with Gasteiger partial charge in [0.1, 0.15) is 23.9 Å². The van der Waals surface area contributed by atoms with E-state index in [4.69, 9.17) is 14.2 Å². The smallest absolute Gasteiger partial charge is 0.409 e. The zero-order valence-electron chi connectivity index (χ0n) is 20.7. The van der Waals surface area contributed by atoms with Gasteiger partial charge in [-0.1, -0.05) is 12.1 Å². The van der Waals surface area contributed by atoms with E-state index in [0.29, 0.717) is 48.8 Å². The number of nitrogens with zero attached hydrogens (tertiary/aromatic N) is 4. The topological polar surface area (TPSA) is 145 Å². The Kier molecular flexibility index (Phi) is 7.92. The van der Waals surface area contributed by atoms with Crippen molar-refractivity contribution in [3.63, 3.8) is 0 Å². The van der Waals surface area contributed by atoms with Crippen LogP contribution in [0.2, 0.25) is 0 Å². The second kappa shape index (κ2) is 11.3. The molecular weight excluding hydrogens is 500 g/mol.